The molecule has 1 amide bonds. The van der Waals surface area contributed by atoms with Gasteiger partial charge in [0, 0.05) is 35.6 Å². The van der Waals surface area contributed by atoms with Crippen LogP contribution in [0.2, 0.25) is 0 Å². The van der Waals surface area contributed by atoms with Gasteiger partial charge in [0.2, 0.25) is 5.91 Å². The lowest BCUT2D eigenvalue weighted by Gasteiger charge is -2.16. The second kappa shape index (κ2) is 11.4. The zero-order valence-electron chi connectivity index (χ0n) is 22.3. The van der Waals surface area contributed by atoms with Crippen LogP contribution in [-0.2, 0) is 14.8 Å². The average molecular weight is 563 g/mol. The van der Waals surface area contributed by atoms with Gasteiger partial charge in [-0.2, -0.15) is 0 Å². The smallest absolute Gasteiger partial charge is 0.263 e. The average Bonchev–Trinajstić information content (AvgIpc) is 3.79. The molecule has 0 radical (unpaired) electrons. The SMILES string of the molecule is COc1cc(Nc2nc3ccccc3nc2NS(=O)(=O)c2cccc(NC(=O)CN(C)C3CC3)c2)cc(OC)c1. The summed E-state index contributed by atoms with van der Waals surface area (Å²) in [5.74, 6) is 1.06. The van der Waals surface area contributed by atoms with Gasteiger partial charge in [0.05, 0.1) is 36.7 Å². The van der Waals surface area contributed by atoms with Crippen molar-refractivity contribution < 1.29 is 22.7 Å². The molecule has 11 nitrogen and oxygen atoms in total. The Morgan fingerprint density at radius 3 is 2.17 bits per heavy atom. The van der Waals surface area contributed by atoms with Crippen LogP contribution in [0, 0.1) is 0 Å². The van der Waals surface area contributed by atoms with Crippen LogP contribution >= 0.6 is 0 Å². The Balaban J connectivity index is 1.43. The van der Waals surface area contributed by atoms with Gasteiger partial charge in [-0.1, -0.05) is 18.2 Å². The lowest BCUT2D eigenvalue weighted by molar-refractivity contribution is -0.117. The van der Waals surface area contributed by atoms with E-state index < -0.39 is 10.0 Å². The predicted octanol–water partition coefficient (Wildman–Crippen LogP) is 4.22. The zero-order chi connectivity index (χ0) is 28.3. The van der Waals surface area contributed by atoms with Crippen molar-refractivity contribution >= 4 is 50.0 Å². The van der Waals surface area contributed by atoms with Gasteiger partial charge in [-0.05, 0) is 50.2 Å². The first kappa shape index (κ1) is 27.2. The monoisotopic (exact) mass is 562 g/mol. The maximum Gasteiger partial charge on any atom is 0.263 e. The van der Waals surface area contributed by atoms with E-state index in [1.54, 1.807) is 48.5 Å². The first-order valence-corrected chi connectivity index (χ1v) is 14.1. The molecule has 208 valence electrons. The van der Waals surface area contributed by atoms with Gasteiger partial charge in [0.15, 0.2) is 11.6 Å². The van der Waals surface area contributed by atoms with Crippen LogP contribution in [0.5, 0.6) is 11.5 Å². The number of carbonyl (C=O) groups excluding carboxylic acids is 1. The third-order valence-corrected chi connectivity index (χ3v) is 7.74. The van der Waals surface area contributed by atoms with Crippen molar-refractivity contribution in [1.82, 2.24) is 14.9 Å². The van der Waals surface area contributed by atoms with Crippen LogP contribution in [0.15, 0.2) is 71.6 Å². The predicted molar refractivity (Wildman–Crippen MR) is 154 cm³/mol. The lowest BCUT2D eigenvalue weighted by atomic mass is 10.2. The van der Waals surface area contributed by atoms with Crippen LogP contribution in [0.4, 0.5) is 23.0 Å². The van der Waals surface area contributed by atoms with E-state index in [0.717, 1.165) is 12.8 Å². The molecule has 5 rings (SSSR count). The normalized spacial score (nSPS) is 13.2. The van der Waals surface area contributed by atoms with Crippen molar-refractivity contribution in [3.05, 3.63) is 66.7 Å². The molecule has 1 saturated carbocycles. The molecule has 4 aromatic rings. The van der Waals surface area contributed by atoms with Gasteiger partial charge in [0.1, 0.15) is 11.5 Å². The lowest BCUT2D eigenvalue weighted by Crippen LogP contribution is -2.31. The number of hydrogen-bond donors (Lipinski definition) is 3. The van der Waals surface area contributed by atoms with Gasteiger partial charge >= 0.3 is 0 Å². The molecule has 0 bridgehead atoms. The second-order valence-corrected chi connectivity index (χ2v) is 11.1. The summed E-state index contributed by atoms with van der Waals surface area (Å²) in [6.45, 7) is 0.233. The molecule has 0 aliphatic heterocycles. The number of amides is 1. The van der Waals surface area contributed by atoms with Crippen molar-refractivity contribution in [2.24, 2.45) is 0 Å². The van der Waals surface area contributed by atoms with Gasteiger partial charge < -0.3 is 20.1 Å². The molecule has 0 saturated heterocycles. The number of carbonyl (C=O) groups is 1. The van der Waals surface area contributed by atoms with Gasteiger partial charge in [0.25, 0.3) is 10.0 Å². The van der Waals surface area contributed by atoms with Crippen molar-refractivity contribution in [3.8, 4) is 11.5 Å². The number of hydrogen-bond acceptors (Lipinski definition) is 9. The van der Waals surface area contributed by atoms with E-state index >= 15 is 0 Å². The number of fused-ring (bicyclic) bond motifs is 1. The summed E-state index contributed by atoms with van der Waals surface area (Å²) in [5.41, 5.74) is 2.02. The van der Waals surface area contributed by atoms with Crippen LogP contribution in [-0.4, -0.2) is 63.0 Å². The first-order valence-electron chi connectivity index (χ1n) is 12.6. The Morgan fingerprint density at radius 2 is 1.55 bits per heavy atom. The topological polar surface area (TPSA) is 135 Å². The molecule has 40 heavy (non-hydrogen) atoms. The number of sulfonamides is 1. The van der Waals surface area contributed by atoms with E-state index in [1.165, 1.54) is 26.4 Å². The summed E-state index contributed by atoms with van der Waals surface area (Å²) in [6, 6.07) is 18.8. The molecular formula is C28H30N6O5S. The highest BCUT2D eigenvalue weighted by Gasteiger charge is 2.27. The summed E-state index contributed by atoms with van der Waals surface area (Å²) < 4.78 is 40.2. The first-order chi connectivity index (χ1) is 19.2. The van der Waals surface area contributed by atoms with Crippen molar-refractivity contribution in [2.75, 3.05) is 43.2 Å². The minimum atomic E-state index is -4.11. The maximum atomic E-state index is 13.5. The molecule has 1 heterocycles. The number of rotatable bonds is 11. The Bertz CT molecular complexity index is 1640. The standard InChI is InChI=1S/C28H30N6O5S/c1-34(20-11-12-20)17-26(35)29-18-7-6-8-23(15-18)40(36,37)33-28-27(31-24-9-4-5-10-25(24)32-28)30-19-13-21(38-2)16-22(14-19)39-3/h4-10,13-16,20H,11-12,17H2,1-3H3,(H,29,35)(H,30,31)(H,32,33). The number of methoxy groups -OCH3 is 2. The van der Waals surface area contributed by atoms with Crippen molar-refractivity contribution in [1.29, 1.82) is 0 Å². The van der Waals surface area contributed by atoms with Gasteiger partial charge in [-0.3, -0.25) is 14.4 Å². The molecule has 1 aliphatic rings. The highest BCUT2D eigenvalue weighted by Crippen LogP contribution is 2.32. The highest BCUT2D eigenvalue weighted by molar-refractivity contribution is 7.92. The van der Waals surface area contributed by atoms with Crippen LogP contribution in [0.3, 0.4) is 0 Å². The molecule has 0 unspecified atom stereocenters. The molecule has 1 aromatic heterocycles. The summed E-state index contributed by atoms with van der Waals surface area (Å²) >= 11 is 0. The van der Waals surface area contributed by atoms with E-state index in [1.807, 2.05) is 18.0 Å². The Labute approximate surface area is 232 Å². The summed E-state index contributed by atoms with van der Waals surface area (Å²) in [5, 5.41) is 5.92. The fraction of sp³-hybridized carbons (Fsp3) is 0.250. The maximum absolute atomic E-state index is 13.5. The Morgan fingerprint density at radius 1 is 0.900 bits per heavy atom. The number of aromatic nitrogens is 2. The van der Waals surface area contributed by atoms with E-state index in [-0.39, 0.29) is 29.0 Å². The number of ether oxygens (including phenoxy) is 2. The molecule has 12 heteroatoms. The Kier molecular flexibility index (Phi) is 7.71. The largest absolute Gasteiger partial charge is 0.497 e. The number of benzene rings is 3. The molecule has 1 fully saturated rings. The van der Waals surface area contributed by atoms with Gasteiger partial charge in [-0.15, -0.1) is 0 Å². The van der Waals surface area contributed by atoms with Gasteiger partial charge in [-0.25, -0.2) is 18.4 Å². The van der Waals surface area contributed by atoms with Crippen LogP contribution in [0.25, 0.3) is 11.0 Å². The van der Waals surface area contributed by atoms with E-state index in [9.17, 15) is 13.2 Å². The molecule has 0 atom stereocenters. The van der Waals surface area contributed by atoms with Crippen LogP contribution in [0.1, 0.15) is 12.8 Å². The third-order valence-electron chi connectivity index (χ3n) is 6.41. The number of nitrogens with one attached hydrogen (secondary N) is 3. The quantitative estimate of drug-likeness (QED) is 0.245. The summed E-state index contributed by atoms with van der Waals surface area (Å²) in [6.07, 6.45) is 2.17. The van der Waals surface area contributed by atoms with Crippen LogP contribution < -0.4 is 24.8 Å². The fourth-order valence-electron chi connectivity index (χ4n) is 4.17. The minimum Gasteiger partial charge on any atom is -0.497 e. The number of anilines is 4. The molecule has 0 spiro atoms. The second-order valence-electron chi connectivity index (χ2n) is 9.46. The third kappa shape index (κ3) is 6.41. The van der Waals surface area contributed by atoms with E-state index in [0.29, 0.717) is 39.9 Å². The van der Waals surface area contributed by atoms with Crippen molar-refractivity contribution in [3.63, 3.8) is 0 Å². The number of nitrogens with zero attached hydrogens (tertiary/aromatic N) is 3. The molecule has 1 aliphatic carbocycles. The van der Waals surface area contributed by atoms with E-state index in [4.69, 9.17) is 9.47 Å². The Hall–Kier alpha value is -4.42. The fourth-order valence-corrected chi connectivity index (χ4v) is 5.23. The molecular weight excluding hydrogens is 532 g/mol. The van der Waals surface area contributed by atoms with Crippen molar-refractivity contribution in [2.45, 2.75) is 23.8 Å². The highest BCUT2D eigenvalue weighted by atomic mass is 32.2. The van der Waals surface area contributed by atoms with E-state index in [2.05, 4.69) is 25.3 Å². The zero-order valence-corrected chi connectivity index (χ0v) is 23.2. The summed E-state index contributed by atoms with van der Waals surface area (Å²) in [4.78, 5) is 23.6. The molecule has 3 aromatic carbocycles. The molecule has 3 N–H and O–H groups in total. The number of likely N-dealkylation sites (N-methyl/N-ethyl adjacent to an activating group) is 1. The summed E-state index contributed by atoms with van der Waals surface area (Å²) in [7, 11) is 0.867. The number of para-hydroxylation sites is 2. The minimum absolute atomic E-state index is 0.000911.